The van der Waals surface area contributed by atoms with Gasteiger partial charge in [-0.05, 0) is 104 Å². The molecule has 4 fully saturated rings. The second-order valence-corrected chi connectivity index (χ2v) is 14.7. The van der Waals surface area contributed by atoms with Gasteiger partial charge in [-0.2, -0.15) is 0 Å². The molecule has 2 unspecified atom stereocenters. The van der Waals surface area contributed by atoms with Gasteiger partial charge in [-0.25, -0.2) is 0 Å². The molecule has 3 saturated carbocycles. The Morgan fingerprint density at radius 1 is 1.06 bits per heavy atom. The molecule has 0 spiro atoms. The maximum Gasteiger partial charge on any atom is 0.184 e. The predicted molar refractivity (Wildman–Crippen MR) is 145 cm³/mol. The van der Waals surface area contributed by atoms with Crippen LogP contribution in [0.1, 0.15) is 112 Å². The Kier molecular flexibility index (Phi) is 7.31. The Hall–Kier alpha value is -0.710. The first-order valence-electron chi connectivity index (χ1n) is 15.4. The number of hydrogen-bond acceptors (Lipinski definition) is 4. The summed E-state index contributed by atoms with van der Waals surface area (Å²) in [6, 6.07) is -0.607. The maximum absolute atomic E-state index is 13.3. The Bertz CT molecular complexity index is 867. The highest BCUT2D eigenvalue weighted by Gasteiger charge is 2.61. The number of allylic oxidation sites excluding steroid dienone is 1. The van der Waals surface area contributed by atoms with Crippen molar-refractivity contribution in [2.24, 2.45) is 46.3 Å². The molecule has 4 heteroatoms. The van der Waals surface area contributed by atoms with Crippen LogP contribution in [-0.2, 0) is 4.79 Å². The first-order valence-corrected chi connectivity index (χ1v) is 15.4. The van der Waals surface area contributed by atoms with E-state index >= 15 is 0 Å². The molecule has 0 bridgehead atoms. The van der Waals surface area contributed by atoms with E-state index in [0.717, 1.165) is 42.4 Å². The van der Waals surface area contributed by atoms with Crippen LogP contribution >= 0.6 is 0 Å². The average molecular weight is 500 g/mol. The monoisotopic (exact) mass is 499 g/mol. The molecule has 0 amide bonds. The standard InChI is InChI=1S/C32H53NO3/c1-20(2)7-6-8-21(3)24-11-12-25-23-10-9-22-19-32(36,29(35)28-27(34)14-18-33-28)17-16-30(22,4)26(23)13-15-31(24,25)5/h9,20-21,23-28,33-34,36H,6-8,10-19H2,1-5H3/t21-,23+,24-,25+,26+,27?,28+,30+,31-,32?/m1/s1. The van der Waals surface area contributed by atoms with E-state index in [2.05, 4.69) is 46.0 Å². The molecule has 4 nitrogen and oxygen atoms in total. The fraction of sp³-hybridized carbons (Fsp3) is 0.906. The zero-order valence-corrected chi connectivity index (χ0v) is 23.7. The predicted octanol–water partition coefficient (Wildman–Crippen LogP) is 6.05. The van der Waals surface area contributed by atoms with Gasteiger partial charge in [0.1, 0.15) is 5.60 Å². The molecule has 0 aromatic rings. The van der Waals surface area contributed by atoms with Crippen molar-refractivity contribution in [2.75, 3.05) is 6.54 Å². The smallest absolute Gasteiger partial charge is 0.184 e. The highest BCUT2D eigenvalue weighted by Crippen LogP contribution is 2.67. The molecule has 5 rings (SSSR count). The summed E-state index contributed by atoms with van der Waals surface area (Å²) in [4.78, 5) is 13.3. The summed E-state index contributed by atoms with van der Waals surface area (Å²) in [7, 11) is 0. The highest BCUT2D eigenvalue weighted by molar-refractivity contribution is 5.93. The van der Waals surface area contributed by atoms with Crippen molar-refractivity contribution in [1.29, 1.82) is 0 Å². The van der Waals surface area contributed by atoms with Gasteiger partial charge in [0.05, 0.1) is 12.1 Å². The molecule has 204 valence electrons. The van der Waals surface area contributed by atoms with Crippen LogP contribution in [0.5, 0.6) is 0 Å². The largest absolute Gasteiger partial charge is 0.391 e. The molecule has 3 N–H and O–H groups in total. The number of carbonyl (C=O) groups excluding carboxylic acids is 1. The van der Waals surface area contributed by atoms with Crippen LogP contribution in [-0.4, -0.2) is 40.3 Å². The van der Waals surface area contributed by atoms with E-state index in [1.807, 2.05) is 0 Å². The Labute approximate surface area is 220 Å². The number of carbonyl (C=O) groups is 1. The van der Waals surface area contributed by atoms with Crippen LogP contribution in [0.15, 0.2) is 11.6 Å². The van der Waals surface area contributed by atoms with Gasteiger partial charge >= 0.3 is 0 Å². The van der Waals surface area contributed by atoms with Crippen molar-refractivity contribution in [1.82, 2.24) is 5.32 Å². The molecule has 0 radical (unpaired) electrons. The van der Waals surface area contributed by atoms with Gasteiger partial charge in [0.25, 0.3) is 0 Å². The molecule has 1 saturated heterocycles. The van der Waals surface area contributed by atoms with E-state index in [0.29, 0.717) is 37.1 Å². The van der Waals surface area contributed by atoms with Crippen LogP contribution in [0, 0.1) is 46.3 Å². The molecule has 5 aliphatic rings. The molecular weight excluding hydrogens is 446 g/mol. The Morgan fingerprint density at radius 2 is 1.83 bits per heavy atom. The minimum Gasteiger partial charge on any atom is -0.391 e. The topological polar surface area (TPSA) is 69.6 Å². The van der Waals surface area contributed by atoms with Crippen molar-refractivity contribution < 1.29 is 15.0 Å². The first kappa shape index (κ1) is 26.9. The van der Waals surface area contributed by atoms with Crippen LogP contribution < -0.4 is 5.32 Å². The van der Waals surface area contributed by atoms with Gasteiger partial charge in [-0.15, -0.1) is 0 Å². The van der Waals surface area contributed by atoms with E-state index in [4.69, 9.17) is 0 Å². The molecule has 0 aromatic heterocycles. The first-order chi connectivity index (χ1) is 17.0. The summed E-state index contributed by atoms with van der Waals surface area (Å²) < 4.78 is 0. The van der Waals surface area contributed by atoms with Crippen molar-refractivity contribution in [3.05, 3.63) is 11.6 Å². The summed E-state index contributed by atoms with van der Waals surface area (Å²) in [5.74, 6) is 4.59. The van der Waals surface area contributed by atoms with Crippen molar-refractivity contribution >= 4 is 5.78 Å². The third-order valence-electron chi connectivity index (χ3n) is 12.3. The number of rotatable bonds is 7. The Morgan fingerprint density at radius 3 is 2.53 bits per heavy atom. The second-order valence-electron chi connectivity index (χ2n) is 14.7. The lowest BCUT2D eigenvalue weighted by atomic mass is 9.46. The van der Waals surface area contributed by atoms with Crippen LogP contribution in [0.2, 0.25) is 0 Å². The summed E-state index contributed by atoms with van der Waals surface area (Å²) in [5, 5.41) is 24.9. The van der Waals surface area contributed by atoms with Crippen LogP contribution in [0.4, 0.5) is 0 Å². The van der Waals surface area contributed by atoms with Gasteiger partial charge in [0, 0.05) is 6.42 Å². The minimum absolute atomic E-state index is 0.111. The van der Waals surface area contributed by atoms with Crippen molar-refractivity contribution in [2.45, 2.75) is 129 Å². The van der Waals surface area contributed by atoms with Gasteiger partial charge in [-0.1, -0.05) is 65.5 Å². The number of ketones is 1. The number of nitrogens with one attached hydrogen (secondary N) is 1. The summed E-state index contributed by atoms with van der Waals surface area (Å²) >= 11 is 0. The van der Waals surface area contributed by atoms with Gasteiger partial charge in [0.15, 0.2) is 5.78 Å². The molecule has 4 aliphatic carbocycles. The van der Waals surface area contributed by atoms with Gasteiger partial charge < -0.3 is 15.5 Å². The number of fused-ring (bicyclic) bond motifs is 5. The van der Waals surface area contributed by atoms with Gasteiger partial charge in [-0.3, -0.25) is 4.79 Å². The fourth-order valence-corrected chi connectivity index (χ4v) is 10.1. The number of hydrogen-bond donors (Lipinski definition) is 3. The molecule has 1 aliphatic heterocycles. The highest BCUT2D eigenvalue weighted by atomic mass is 16.3. The normalized spacial score (nSPS) is 47.2. The SMILES string of the molecule is CC(C)CCC[C@@H](C)[C@H]1CC[C@H]2[C@@H]3CC=C4CC(O)(C(=O)[C@H]5NCCC5O)CC[C@]4(C)[C@H]3CC[C@]12C. The zero-order chi connectivity index (χ0) is 25.9. The summed E-state index contributed by atoms with van der Waals surface area (Å²) in [5.41, 5.74) is 0.599. The lowest BCUT2D eigenvalue weighted by molar-refractivity contribution is -0.147. The molecule has 10 atom stereocenters. The average Bonchev–Trinajstić information content (AvgIpc) is 3.41. The summed E-state index contributed by atoms with van der Waals surface area (Å²) in [6.45, 7) is 13.0. The van der Waals surface area contributed by atoms with E-state index in [-0.39, 0.29) is 11.2 Å². The van der Waals surface area contributed by atoms with E-state index in [1.54, 1.807) is 0 Å². The molecule has 1 heterocycles. The number of aliphatic hydroxyl groups is 2. The lowest BCUT2D eigenvalue weighted by Crippen LogP contribution is -2.57. The quantitative estimate of drug-likeness (QED) is 0.373. The number of aliphatic hydroxyl groups excluding tert-OH is 1. The molecule has 36 heavy (non-hydrogen) atoms. The van der Waals surface area contributed by atoms with Crippen molar-refractivity contribution in [3.63, 3.8) is 0 Å². The second kappa shape index (κ2) is 9.79. The maximum atomic E-state index is 13.3. The Balaban J connectivity index is 1.30. The lowest BCUT2D eigenvalue weighted by Gasteiger charge is -2.59. The zero-order valence-electron chi connectivity index (χ0n) is 23.7. The van der Waals surface area contributed by atoms with Crippen LogP contribution in [0.3, 0.4) is 0 Å². The van der Waals surface area contributed by atoms with E-state index in [1.165, 1.54) is 50.5 Å². The van der Waals surface area contributed by atoms with E-state index in [9.17, 15) is 15.0 Å². The van der Waals surface area contributed by atoms with E-state index < -0.39 is 17.7 Å². The van der Waals surface area contributed by atoms with Crippen molar-refractivity contribution in [3.8, 4) is 0 Å². The minimum atomic E-state index is -1.33. The fourth-order valence-electron chi connectivity index (χ4n) is 10.1. The van der Waals surface area contributed by atoms with Gasteiger partial charge in [0.2, 0.25) is 0 Å². The number of Topliss-reactive ketones (excluding diaryl/α,β-unsaturated/α-hetero) is 1. The molecule has 0 aromatic carbocycles. The third kappa shape index (κ3) is 4.35. The third-order valence-corrected chi connectivity index (χ3v) is 12.3. The summed E-state index contributed by atoms with van der Waals surface area (Å²) in [6.07, 6.45) is 15.0. The van der Waals surface area contributed by atoms with Crippen LogP contribution in [0.25, 0.3) is 0 Å². The molecular formula is C32H53NO3.